The molecule has 0 amide bonds. The van der Waals surface area contributed by atoms with Crippen LogP contribution in [0.5, 0.6) is 5.75 Å². The Morgan fingerprint density at radius 1 is 1.35 bits per heavy atom. The van der Waals surface area contributed by atoms with Crippen LogP contribution in [0.2, 0.25) is 5.02 Å². The van der Waals surface area contributed by atoms with Crippen LogP contribution in [-0.2, 0) is 0 Å². The molecule has 20 heavy (non-hydrogen) atoms. The third-order valence-corrected chi connectivity index (χ3v) is 3.62. The quantitative estimate of drug-likeness (QED) is 0.910. The van der Waals surface area contributed by atoms with E-state index >= 15 is 0 Å². The first kappa shape index (κ1) is 14.8. The van der Waals surface area contributed by atoms with Gasteiger partial charge in [-0.2, -0.15) is 0 Å². The molecule has 0 aliphatic heterocycles. The Morgan fingerprint density at radius 3 is 2.80 bits per heavy atom. The number of rotatable bonds is 5. The minimum absolute atomic E-state index is 0.0832. The number of nitrogens with one attached hydrogen (secondary N) is 1. The molecule has 3 nitrogen and oxygen atoms in total. The van der Waals surface area contributed by atoms with Crippen LogP contribution in [0.15, 0.2) is 36.7 Å². The molecule has 0 saturated heterocycles. The molecular weight excluding hydrogens is 272 g/mol. The van der Waals surface area contributed by atoms with Crippen LogP contribution in [-0.4, -0.2) is 18.6 Å². The van der Waals surface area contributed by atoms with E-state index < -0.39 is 0 Å². The third kappa shape index (κ3) is 3.11. The van der Waals surface area contributed by atoms with Crippen molar-refractivity contribution in [2.45, 2.75) is 19.9 Å². The van der Waals surface area contributed by atoms with Crippen molar-refractivity contribution in [3.8, 4) is 5.75 Å². The summed E-state index contributed by atoms with van der Waals surface area (Å²) in [7, 11) is 1.63. The van der Waals surface area contributed by atoms with Crippen molar-refractivity contribution in [2.75, 3.05) is 13.7 Å². The summed E-state index contributed by atoms with van der Waals surface area (Å²) < 4.78 is 5.30. The molecule has 1 heterocycles. The van der Waals surface area contributed by atoms with Gasteiger partial charge in [-0.25, -0.2) is 0 Å². The van der Waals surface area contributed by atoms with Gasteiger partial charge in [0, 0.05) is 12.4 Å². The first-order valence-corrected chi connectivity index (χ1v) is 7.02. The van der Waals surface area contributed by atoms with E-state index in [4.69, 9.17) is 16.3 Å². The Bertz CT molecular complexity index is 586. The fourth-order valence-electron chi connectivity index (χ4n) is 2.25. The summed E-state index contributed by atoms with van der Waals surface area (Å²) in [4.78, 5) is 4.24. The van der Waals surface area contributed by atoms with Gasteiger partial charge in [-0.3, -0.25) is 4.98 Å². The molecule has 1 aromatic heterocycles. The number of halogens is 1. The highest BCUT2D eigenvalue weighted by atomic mass is 35.5. The van der Waals surface area contributed by atoms with E-state index in [1.165, 1.54) is 11.1 Å². The summed E-state index contributed by atoms with van der Waals surface area (Å²) >= 11 is 6.10. The van der Waals surface area contributed by atoms with Gasteiger partial charge in [0.05, 0.1) is 18.2 Å². The summed E-state index contributed by atoms with van der Waals surface area (Å²) in [5.74, 6) is 0.689. The topological polar surface area (TPSA) is 34.1 Å². The summed E-state index contributed by atoms with van der Waals surface area (Å²) in [5.41, 5.74) is 3.49. The zero-order valence-electron chi connectivity index (χ0n) is 12.0. The van der Waals surface area contributed by atoms with Crippen LogP contribution in [0.4, 0.5) is 0 Å². The Morgan fingerprint density at radius 2 is 2.15 bits per heavy atom. The van der Waals surface area contributed by atoms with Crippen molar-refractivity contribution < 1.29 is 4.74 Å². The predicted octanol–water partition coefficient (Wildman–Crippen LogP) is 3.75. The van der Waals surface area contributed by atoms with Crippen LogP contribution >= 0.6 is 11.6 Å². The summed E-state index contributed by atoms with van der Waals surface area (Å²) in [6.45, 7) is 5.05. The van der Waals surface area contributed by atoms with E-state index in [2.05, 4.69) is 24.1 Å². The molecule has 0 aliphatic carbocycles. The Balaban J connectivity index is 2.46. The molecule has 0 aliphatic rings. The van der Waals surface area contributed by atoms with Crippen molar-refractivity contribution in [2.24, 2.45) is 0 Å². The van der Waals surface area contributed by atoms with Crippen molar-refractivity contribution in [3.63, 3.8) is 0 Å². The molecule has 0 fully saturated rings. The average molecular weight is 291 g/mol. The predicted molar refractivity (Wildman–Crippen MR) is 82.5 cm³/mol. The fourth-order valence-corrected chi connectivity index (χ4v) is 2.44. The molecule has 0 saturated carbocycles. The standard InChI is InChI=1S/C16H19ClN2O/c1-4-19-16(13-10-18-8-7-11(13)2)12-5-6-14(17)15(9-12)20-3/h5-10,16,19H,4H2,1-3H3. The van der Waals surface area contributed by atoms with Gasteiger partial charge < -0.3 is 10.1 Å². The molecule has 0 bridgehead atoms. The Labute approximate surface area is 124 Å². The minimum atomic E-state index is 0.0832. The molecule has 106 valence electrons. The van der Waals surface area contributed by atoms with Crippen molar-refractivity contribution in [1.29, 1.82) is 0 Å². The van der Waals surface area contributed by atoms with E-state index in [9.17, 15) is 0 Å². The lowest BCUT2D eigenvalue weighted by atomic mass is 9.96. The number of methoxy groups -OCH3 is 1. The van der Waals surface area contributed by atoms with Crippen LogP contribution in [0.1, 0.15) is 29.7 Å². The molecule has 1 N–H and O–H groups in total. The SMILES string of the molecule is CCNC(c1ccc(Cl)c(OC)c1)c1cnccc1C. The number of nitrogens with zero attached hydrogens (tertiary/aromatic N) is 1. The molecule has 0 spiro atoms. The largest absolute Gasteiger partial charge is 0.495 e. The maximum absolute atomic E-state index is 6.10. The third-order valence-electron chi connectivity index (χ3n) is 3.31. The maximum atomic E-state index is 6.10. The number of ether oxygens (including phenoxy) is 1. The van der Waals surface area contributed by atoms with Gasteiger partial charge in [-0.05, 0) is 48.4 Å². The zero-order chi connectivity index (χ0) is 14.5. The maximum Gasteiger partial charge on any atom is 0.137 e. The van der Waals surface area contributed by atoms with E-state index in [0.717, 1.165) is 12.1 Å². The highest BCUT2D eigenvalue weighted by molar-refractivity contribution is 6.32. The van der Waals surface area contributed by atoms with Gasteiger partial charge in [0.15, 0.2) is 0 Å². The molecule has 0 radical (unpaired) electrons. The fraction of sp³-hybridized carbons (Fsp3) is 0.312. The van der Waals surface area contributed by atoms with E-state index in [1.807, 2.05) is 36.7 Å². The highest BCUT2D eigenvalue weighted by Crippen LogP contribution is 2.31. The minimum Gasteiger partial charge on any atom is -0.495 e. The average Bonchev–Trinajstić information content (AvgIpc) is 2.46. The number of aromatic nitrogens is 1. The van der Waals surface area contributed by atoms with Crippen molar-refractivity contribution >= 4 is 11.6 Å². The Hall–Kier alpha value is -1.58. The first-order valence-electron chi connectivity index (χ1n) is 6.64. The van der Waals surface area contributed by atoms with Gasteiger partial charge in [-0.15, -0.1) is 0 Å². The molecule has 2 aromatic rings. The molecule has 1 atom stereocenters. The number of benzene rings is 1. The van der Waals surface area contributed by atoms with Gasteiger partial charge in [0.2, 0.25) is 0 Å². The van der Waals surface area contributed by atoms with Gasteiger partial charge in [-0.1, -0.05) is 24.6 Å². The second-order valence-electron chi connectivity index (χ2n) is 4.62. The highest BCUT2D eigenvalue weighted by Gasteiger charge is 2.16. The van der Waals surface area contributed by atoms with Crippen LogP contribution in [0, 0.1) is 6.92 Å². The molecule has 1 aromatic carbocycles. The summed E-state index contributed by atoms with van der Waals surface area (Å²) in [6, 6.07) is 7.96. The number of aryl methyl sites for hydroxylation is 1. The van der Waals surface area contributed by atoms with Crippen LogP contribution in [0.25, 0.3) is 0 Å². The van der Waals surface area contributed by atoms with Gasteiger partial charge in [0.1, 0.15) is 5.75 Å². The molecular formula is C16H19ClN2O. The lowest BCUT2D eigenvalue weighted by molar-refractivity contribution is 0.414. The second-order valence-corrected chi connectivity index (χ2v) is 5.02. The summed E-state index contributed by atoms with van der Waals surface area (Å²) in [5, 5.41) is 4.11. The van der Waals surface area contributed by atoms with Crippen molar-refractivity contribution in [3.05, 3.63) is 58.4 Å². The van der Waals surface area contributed by atoms with Crippen LogP contribution in [0.3, 0.4) is 0 Å². The van der Waals surface area contributed by atoms with Gasteiger partial charge >= 0.3 is 0 Å². The molecule has 1 unspecified atom stereocenters. The number of hydrogen-bond acceptors (Lipinski definition) is 3. The number of pyridine rings is 1. The first-order chi connectivity index (χ1) is 9.67. The normalized spacial score (nSPS) is 12.2. The zero-order valence-corrected chi connectivity index (χ0v) is 12.7. The smallest absolute Gasteiger partial charge is 0.137 e. The van der Waals surface area contributed by atoms with Gasteiger partial charge in [0.25, 0.3) is 0 Å². The lowest BCUT2D eigenvalue weighted by Crippen LogP contribution is -2.23. The van der Waals surface area contributed by atoms with Crippen molar-refractivity contribution in [1.82, 2.24) is 10.3 Å². The monoisotopic (exact) mass is 290 g/mol. The molecule has 4 heteroatoms. The second kappa shape index (κ2) is 6.73. The lowest BCUT2D eigenvalue weighted by Gasteiger charge is -2.21. The van der Waals surface area contributed by atoms with Crippen LogP contribution < -0.4 is 10.1 Å². The number of hydrogen-bond donors (Lipinski definition) is 1. The van der Waals surface area contributed by atoms with E-state index in [0.29, 0.717) is 10.8 Å². The van der Waals surface area contributed by atoms with E-state index in [-0.39, 0.29) is 6.04 Å². The Kier molecular flexibility index (Phi) is 4.99. The summed E-state index contributed by atoms with van der Waals surface area (Å²) in [6.07, 6.45) is 3.72. The van der Waals surface area contributed by atoms with E-state index in [1.54, 1.807) is 7.11 Å². The molecule has 2 rings (SSSR count).